The van der Waals surface area contributed by atoms with Crippen LogP contribution in [0.5, 0.6) is 0 Å². The summed E-state index contributed by atoms with van der Waals surface area (Å²) in [7, 11) is 4.01. The Balaban J connectivity index is 2.04. The molecule has 0 saturated carbocycles. The van der Waals surface area contributed by atoms with Crippen molar-refractivity contribution >= 4 is 11.6 Å². The quantitative estimate of drug-likeness (QED) is 0.839. The van der Waals surface area contributed by atoms with E-state index in [1.807, 2.05) is 25.7 Å². The van der Waals surface area contributed by atoms with E-state index in [9.17, 15) is 0 Å². The Morgan fingerprint density at radius 1 is 1.42 bits per heavy atom. The van der Waals surface area contributed by atoms with Gasteiger partial charge in [0, 0.05) is 19.5 Å². The number of aryl methyl sites for hydroxylation is 2. The predicted octanol–water partition coefficient (Wildman–Crippen LogP) is 3.40. The van der Waals surface area contributed by atoms with E-state index in [0.29, 0.717) is 6.04 Å². The average molecular weight is 282 g/mol. The maximum atomic E-state index is 6.33. The maximum absolute atomic E-state index is 6.33. The lowest BCUT2D eigenvalue weighted by Gasteiger charge is -2.20. The molecule has 0 amide bonds. The molecule has 0 fully saturated rings. The summed E-state index contributed by atoms with van der Waals surface area (Å²) < 4.78 is 1.91. The summed E-state index contributed by atoms with van der Waals surface area (Å²) in [5, 5.41) is 8.63. The molecule has 1 heterocycles. The van der Waals surface area contributed by atoms with E-state index in [-0.39, 0.29) is 0 Å². The van der Waals surface area contributed by atoms with E-state index in [4.69, 9.17) is 11.6 Å². The first-order valence-electron chi connectivity index (χ1n) is 7.15. The highest BCUT2D eigenvalue weighted by Gasteiger charge is 2.17. The molecule has 1 aliphatic carbocycles. The van der Waals surface area contributed by atoms with Crippen LogP contribution >= 0.6 is 11.6 Å². The smallest absolute Gasteiger partial charge is 0.0847 e. The summed E-state index contributed by atoms with van der Waals surface area (Å²) in [6.45, 7) is 1.96. The fourth-order valence-electron chi connectivity index (χ4n) is 2.82. The molecule has 0 aromatic carbocycles. The van der Waals surface area contributed by atoms with Crippen molar-refractivity contribution in [3.8, 4) is 0 Å². The molecule has 1 unspecified atom stereocenters. The Hall–Kier alpha value is -0.800. The summed E-state index contributed by atoms with van der Waals surface area (Å²) in [6.07, 6.45) is 9.67. The van der Waals surface area contributed by atoms with Gasteiger partial charge in [-0.25, -0.2) is 0 Å². The van der Waals surface area contributed by atoms with Crippen LogP contribution in [0.4, 0.5) is 0 Å². The molecule has 1 aromatic rings. The fourth-order valence-corrected chi connectivity index (χ4v) is 3.06. The van der Waals surface area contributed by atoms with Crippen molar-refractivity contribution in [1.29, 1.82) is 0 Å². The minimum absolute atomic E-state index is 0.441. The van der Waals surface area contributed by atoms with Gasteiger partial charge < -0.3 is 5.32 Å². The number of hydrogen-bond acceptors (Lipinski definition) is 2. The van der Waals surface area contributed by atoms with Gasteiger partial charge in [-0.1, -0.05) is 23.3 Å². The molecule has 19 heavy (non-hydrogen) atoms. The summed E-state index contributed by atoms with van der Waals surface area (Å²) in [5.41, 5.74) is 3.65. The van der Waals surface area contributed by atoms with Gasteiger partial charge in [-0.15, -0.1) is 0 Å². The highest BCUT2D eigenvalue weighted by molar-refractivity contribution is 6.31. The minimum atomic E-state index is 0.441. The first-order chi connectivity index (χ1) is 9.11. The highest BCUT2D eigenvalue weighted by Crippen LogP contribution is 2.25. The first kappa shape index (κ1) is 14.6. The second-order valence-electron chi connectivity index (χ2n) is 5.47. The van der Waals surface area contributed by atoms with Crippen LogP contribution in [0.15, 0.2) is 11.6 Å². The van der Waals surface area contributed by atoms with Gasteiger partial charge in [-0.3, -0.25) is 4.68 Å². The highest BCUT2D eigenvalue weighted by atomic mass is 35.5. The standard InChI is InChI=1S/C15H24ClN3/c1-11-15(16)14(19(3)18-11)10-13(17-2)9-12-7-5-4-6-8-12/h7,13,17H,4-6,8-10H2,1-3H3. The Morgan fingerprint density at radius 3 is 2.74 bits per heavy atom. The van der Waals surface area contributed by atoms with Gasteiger partial charge in [0.2, 0.25) is 0 Å². The second-order valence-corrected chi connectivity index (χ2v) is 5.85. The first-order valence-corrected chi connectivity index (χ1v) is 7.52. The van der Waals surface area contributed by atoms with E-state index in [0.717, 1.165) is 29.3 Å². The topological polar surface area (TPSA) is 29.9 Å². The zero-order chi connectivity index (χ0) is 13.8. The molecule has 0 saturated heterocycles. The van der Waals surface area contributed by atoms with Crippen LogP contribution in [-0.2, 0) is 13.5 Å². The van der Waals surface area contributed by atoms with Crippen molar-refractivity contribution in [1.82, 2.24) is 15.1 Å². The third-order valence-electron chi connectivity index (χ3n) is 4.00. The number of aromatic nitrogens is 2. The van der Waals surface area contributed by atoms with E-state index >= 15 is 0 Å². The predicted molar refractivity (Wildman–Crippen MR) is 80.7 cm³/mol. The lowest BCUT2D eigenvalue weighted by atomic mass is 9.93. The molecule has 1 aliphatic rings. The van der Waals surface area contributed by atoms with Gasteiger partial charge in [0.05, 0.1) is 16.4 Å². The Morgan fingerprint density at radius 2 is 2.21 bits per heavy atom. The molecule has 2 rings (SSSR count). The second kappa shape index (κ2) is 6.58. The van der Waals surface area contributed by atoms with Gasteiger partial charge in [-0.2, -0.15) is 5.10 Å². The van der Waals surface area contributed by atoms with Crippen LogP contribution in [-0.4, -0.2) is 22.9 Å². The molecular weight excluding hydrogens is 258 g/mol. The summed E-state index contributed by atoms with van der Waals surface area (Å²) >= 11 is 6.33. The van der Waals surface area contributed by atoms with E-state index in [2.05, 4.69) is 16.5 Å². The van der Waals surface area contributed by atoms with Gasteiger partial charge >= 0.3 is 0 Å². The summed E-state index contributed by atoms with van der Waals surface area (Å²) in [5.74, 6) is 0. The van der Waals surface area contributed by atoms with Crippen LogP contribution in [0.25, 0.3) is 0 Å². The molecule has 3 nitrogen and oxygen atoms in total. The monoisotopic (exact) mass is 281 g/mol. The van der Waals surface area contributed by atoms with Gasteiger partial charge in [0.15, 0.2) is 0 Å². The zero-order valence-corrected chi connectivity index (χ0v) is 12.9. The van der Waals surface area contributed by atoms with Crippen LogP contribution in [0.2, 0.25) is 5.02 Å². The molecule has 1 N–H and O–H groups in total. The largest absolute Gasteiger partial charge is 0.316 e. The van der Waals surface area contributed by atoms with E-state index in [1.165, 1.54) is 25.7 Å². The Kier molecular flexibility index (Phi) is 5.06. The van der Waals surface area contributed by atoms with E-state index in [1.54, 1.807) is 5.57 Å². The summed E-state index contributed by atoms with van der Waals surface area (Å²) in [4.78, 5) is 0. The van der Waals surface area contributed by atoms with Gasteiger partial charge in [0.25, 0.3) is 0 Å². The minimum Gasteiger partial charge on any atom is -0.316 e. The van der Waals surface area contributed by atoms with Crippen molar-refractivity contribution in [2.75, 3.05) is 7.05 Å². The third kappa shape index (κ3) is 3.61. The number of rotatable bonds is 5. The Labute approximate surface area is 121 Å². The maximum Gasteiger partial charge on any atom is 0.0847 e. The summed E-state index contributed by atoms with van der Waals surface area (Å²) in [6, 6.07) is 0.441. The average Bonchev–Trinajstić information content (AvgIpc) is 2.65. The molecule has 0 spiro atoms. The third-order valence-corrected chi connectivity index (χ3v) is 4.49. The lowest BCUT2D eigenvalue weighted by molar-refractivity contribution is 0.515. The lowest BCUT2D eigenvalue weighted by Crippen LogP contribution is -2.29. The van der Waals surface area contributed by atoms with Crippen molar-refractivity contribution in [3.05, 3.63) is 28.1 Å². The zero-order valence-electron chi connectivity index (χ0n) is 12.2. The molecule has 4 heteroatoms. The number of hydrogen-bond donors (Lipinski definition) is 1. The molecule has 0 bridgehead atoms. The number of likely N-dealkylation sites (N-methyl/N-ethyl adjacent to an activating group) is 1. The van der Waals surface area contributed by atoms with Crippen LogP contribution in [0.1, 0.15) is 43.5 Å². The van der Waals surface area contributed by atoms with Gasteiger partial charge in [0.1, 0.15) is 0 Å². The fraction of sp³-hybridized carbons (Fsp3) is 0.667. The Bertz CT molecular complexity index is 462. The molecule has 106 valence electrons. The normalized spacial score (nSPS) is 17.4. The molecule has 0 aliphatic heterocycles. The van der Waals surface area contributed by atoms with Gasteiger partial charge in [-0.05, 0) is 46.1 Å². The molecule has 1 aromatic heterocycles. The number of halogens is 1. The number of nitrogens with one attached hydrogen (secondary N) is 1. The van der Waals surface area contributed by atoms with Crippen molar-refractivity contribution in [3.63, 3.8) is 0 Å². The van der Waals surface area contributed by atoms with E-state index < -0.39 is 0 Å². The molecule has 0 radical (unpaired) electrons. The number of nitrogens with zero attached hydrogens (tertiary/aromatic N) is 2. The molecular formula is C15H24ClN3. The van der Waals surface area contributed by atoms with Crippen LogP contribution in [0, 0.1) is 6.92 Å². The SMILES string of the molecule is CNC(CC1=CCCCC1)Cc1c(Cl)c(C)nn1C. The van der Waals surface area contributed by atoms with Crippen molar-refractivity contribution < 1.29 is 0 Å². The molecule has 1 atom stereocenters. The van der Waals surface area contributed by atoms with Crippen LogP contribution in [0.3, 0.4) is 0 Å². The van der Waals surface area contributed by atoms with Crippen molar-refractivity contribution in [2.24, 2.45) is 7.05 Å². The number of allylic oxidation sites excluding steroid dienone is 1. The van der Waals surface area contributed by atoms with Crippen molar-refractivity contribution in [2.45, 2.75) is 51.5 Å². The van der Waals surface area contributed by atoms with Crippen LogP contribution < -0.4 is 5.32 Å².